The van der Waals surface area contributed by atoms with Gasteiger partial charge in [0.15, 0.2) is 21.3 Å². The average molecular weight is 525 g/mol. The fourth-order valence-corrected chi connectivity index (χ4v) is 5.90. The zero-order chi connectivity index (χ0) is 25.4. The fourth-order valence-electron chi connectivity index (χ4n) is 4.90. The van der Waals surface area contributed by atoms with Crippen molar-refractivity contribution >= 4 is 32.6 Å². The maximum Gasteiger partial charge on any atom is 0.449 e. The molecule has 2 fully saturated rings. The molecule has 2 saturated heterocycles. The minimum Gasteiger partial charge on any atom is -0.381 e. The maximum atomic E-state index is 13.9. The second-order valence-corrected chi connectivity index (χ2v) is 10.0. The smallest absolute Gasteiger partial charge is 0.381 e. The van der Waals surface area contributed by atoms with E-state index in [2.05, 4.69) is 9.97 Å². The molecule has 36 heavy (non-hydrogen) atoms. The van der Waals surface area contributed by atoms with Gasteiger partial charge in [-0.3, -0.25) is 14.2 Å². The van der Waals surface area contributed by atoms with E-state index in [1.165, 1.54) is 12.1 Å². The molecule has 1 aromatic carbocycles. The summed E-state index contributed by atoms with van der Waals surface area (Å²) in [4.78, 5) is 36.2. The number of ether oxygens (including phenoxy) is 1. The Hall–Kier alpha value is -2.86. The van der Waals surface area contributed by atoms with Crippen molar-refractivity contribution in [3.63, 3.8) is 0 Å². The lowest BCUT2D eigenvalue weighted by molar-refractivity contribution is -0.149. The minimum atomic E-state index is -4.80. The number of anilines is 1. The van der Waals surface area contributed by atoms with Crippen LogP contribution in [0.2, 0.25) is 0 Å². The third-order valence-corrected chi connectivity index (χ3v) is 7.69. The number of aryl methyl sites for hydroxylation is 1. The molecule has 5 rings (SSSR count). The summed E-state index contributed by atoms with van der Waals surface area (Å²) in [6.45, 7) is 1.04. The van der Waals surface area contributed by atoms with Crippen molar-refractivity contribution in [2.45, 2.75) is 56.8 Å². The van der Waals surface area contributed by atoms with E-state index in [4.69, 9.17) is 4.74 Å². The van der Waals surface area contributed by atoms with Crippen molar-refractivity contribution < 1.29 is 27.1 Å². The van der Waals surface area contributed by atoms with Crippen LogP contribution in [0.4, 0.5) is 22.7 Å². The zero-order valence-corrected chi connectivity index (χ0v) is 20.1. The molecular weight excluding hydrogens is 500 g/mol. The first kappa shape index (κ1) is 24.8. The van der Waals surface area contributed by atoms with Gasteiger partial charge >= 0.3 is 6.18 Å². The van der Waals surface area contributed by atoms with Gasteiger partial charge in [0.05, 0.1) is 6.04 Å². The van der Waals surface area contributed by atoms with E-state index in [1.54, 1.807) is 17.0 Å². The number of nitrogens with zero attached hydrogens (tertiary/aromatic N) is 4. The molecule has 0 saturated carbocycles. The van der Waals surface area contributed by atoms with Gasteiger partial charge in [-0.1, -0.05) is 23.5 Å². The summed E-state index contributed by atoms with van der Waals surface area (Å²) in [5.41, 5.74) is -0.0918. The summed E-state index contributed by atoms with van der Waals surface area (Å²) in [6.07, 6.45) is -2.24. The highest BCUT2D eigenvalue weighted by Crippen LogP contribution is 2.36. The predicted molar refractivity (Wildman–Crippen MR) is 126 cm³/mol. The Kier molecular flexibility index (Phi) is 6.82. The number of thiazole rings is 1. The summed E-state index contributed by atoms with van der Waals surface area (Å²) in [5, 5.41) is 0.324. The van der Waals surface area contributed by atoms with Crippen LogP contribution in [0.1, 0.15) is 49.5 Å². The normalized spacial score (nSPS) is 19.3. The average Bonchev–Trinajstić information content (AvgIpc) is 3.51. The molecule has 2 aliphatic heterocycles. The van der Waals surface area contributed by atoms with E-state index >= 15 is 0 Å². The third kappa shape index (κ3) is 4.88. The third-order valence-electron chi connectivity index (χ3n) is 6.71. The van der Waals surface area contributed by atoms with E-state index in [1.807, 2.05) is 0 Å². The van der Waals surface area contributed by atoms with Crippen LogP contribution in [-0.4, -0.2) is 46.1 Å². The lowest BCUT2D eigenvalue weighted by Gasteiger charge is -2.26. The Morgan fingerprint density at radius 2 is 1.83 bits per heavy atom. The summed E-state index contributed by atoms with van der Waals surface area (Å²) >= 11 is 0.903. The van der Waals surface area contributed by atoms with Gasteiger partial charge in [-0.25, -0.2) is 14.4 Å². The second-order valence-electron chi connectivity index (χ2n) is 9.05. The fraction of sp³-hybridized carbons (Fsp3) is 0.500. The van der Waals surface area contributed by atoms with Crippen molar-refractivity contribution in [3.8, 4) is 0 Å². The highest BCUT2D eigenvalue weighted by molar-refractivity contribution is 7.21. The maximum absolute atomic E-state index is 13.9. The van der Waals surface area contributed by atoms with Crippen LogP contribution < -0.4 is 10.5 Å². The first-order valence-corrected chi connectivity index (χ1v) is 12.7. The molecule has 1 atom stereocenters. The summed E-state index contributed by atoms with van der Waals surface area (Å²) < 4.78 is 60.8. The molecule has 2 aliphatic rings. The Balaban J connectivity index is 1.44. The van der Waals surface area contributed by atoms with E-state index in [9.17, 15) is 27.2 Å². The van der Waals surface area contributed by atoms with Crippen LogP contribution in [0.15, 0.2) is 29.1 Å². The van der Waals surface area contributed by atoms with E-state index in [0.717, 1.165) is 27.9 Å². The summed E-state index contributed by atoms with van der Waals surface area (Å²) in [7, 11) is 0. The molecule has 2 aromatic heterocycles. The van der Waals surface area contributed by atoms with Crippen LogP contribution in [0, 0.1) is 5.82 Å². The molecule has 192 valence electrons. The number of hydrogen-bond acceptors (Lipinski definition) is 7. The number of carbonyl (C=O) groups is 1. The van der Waals surface area contributed by atoms with Crippen LogP contribution in [0.25, 0.3) is 10.3 Å². The number of alkyl halides is 3. The molecule has 12 heteroatoms. The van der Waals surface area contributed by atoms with Gasteiger partial charge < -0.3 is 9.64 Å². The van der Waals surface area contributed by atoms with Gasteiger partial charge in [0.2, 0.25) is 5.82 Å². The quantitative estimate of drug-likeness (QED) is 0.441. The number of carbonyl (C=O) groups excluding carboxylic acids is 1. The molecule has 0 bridgehead atoms. The van der Waals surface area contributed by atoms with Crippen LogP contribution in [0.3, 0.4) is 0 Å². The van der Waals surface area contributed by atoms with Gasteiger partial charge in [0.25, 0.3) is 5.56 Å². The molecular formula is C24H24F4N4O3S. The molecule has 4 heterocycles. The van der Waals surface area contributed by atoms with Crippen molar-refractivity contribution in [2.75, 3.05) is 24.7 Å². The number of rotatable bonds is 6. The standard InChI is InChI=1S/C24H24F4N4O3S/c25-15-6-3-14(4-7-15)5-8-18(33)17-2-1-11-31(17)23-29-19-20(36-23)30-22(24(26,27)28)32(21(19)34)16-9-12-35-13-10-16/h3-4,6-7,16-17H,1-2,5,8-13H2/t17-/m1/s1. The highest BCUT2D eigenvalue weighted by atomic mass is 32.1. The van der Waals surface area contributed by atoms with Crippen LogP contribution in [0.5, 0.6) is 0 Å². The Bertz CT molecular complexity index is 1320. The van der Waals surface area contributed by atoms with E-state index in [-0.39, 0.29) is 54.4 Å². The molecule has 0 aliphatic carbocycles. The van der Waals surface area contributed by atoms with Crippen molar-refractivity contribution in [3.05, 3.63) is 51.8 Å². The number of benzene rings is 1. The van der Waals surface area contributed by atoms with Crippen LogP contribution >= 0.6 is 11.3 Å². The summed E-state index contributed by atoms with van der Waals surface area (Å²) in [6, 6.07) is 4.81. The molecule has 0 unspecified atom stereocenters. The Morgan fingerprint density at radius 3 is 2.53 bits per heavy atom. The molecule has 7 nitrogen and oxygen atoms in total. The van der Waals surface area contributed by atoms with Gasteiger partial charge in [0.1, 0.15) is 5.82 Å². The van der Waals surface area contributed by atoms with Gasteiger partial charge in [-0.2, -0.15) is 13.2 Å². The van der Waals surface area contributed by atoms with Gasteiger partial charge in [0, 0.05) is 32.2 Å². The second kappa shape index (κ2) is 9.89. The summed E-state index contributed by atoms with van der Waals surface area (Å²) in [5.74, 6) is -1.60. The first-order chi connectivity index (χ1) is 17.2. The molecule has 0 amide bonds. The minimum absolute atomic E-state index is 0.0281. The largest absolute Gasteiger partial charge is 0.449 e. The lowest BCUT2D eigenvalue weighted by Crippen LogP contribution is -2.36. The number of Topliss-reactive ketones (excluding diaryl/α,β-unsaturated/α-hetero) is 1. The van der Waals surface area contributed by atoms with Gasteiger partial charge in [-0.15, -0.1) is 0 Å². The van der Waals surface area contributed by atoms with Crippen molar-refractivity contribution in [2.24, 2.45) is 0 Å². The monoisotopic (exact) mass is 524 g/mol. The lowest BCUT2D eigenvalue weighted by atomic mass is 10.0. The molecule has 3 aromatic rings. The number of halogens is 4. The number of fused-ring (bicyclic) bond motifs is 1. The van der Waals surface area contributed by atoms with Crippen LogP contribution in [-0.2, 0) is 22.1 Å². The topological polar surface area (TPSA) is 77.3 Å². The number of hydrogen-bond donors (Lipinski definition) is 0. The first-order valence-electron chi connectivity index (χ1n) is 11.8. The highest BCUT2D eigenvalue weighted by Gasteiger charge is 2.40. The van der Waals surface area contributed by atoms with E-state index in [0.29, 0.717) is 24.5 Å². The predicted octanol–water partition coefficient (Wildman–Crippen LogP) is 4.53. The zero-order valence-electron chi connectivity index (χ0n) is 19.3. The Labute approximate surface area is 207 Å². The Morgan fingerprint density at radius 1 is 1.11 bits per heavy atom. The number of ketones is 1. The van der Waals surface area contributed by atoms with Gasteiger partial charge in [-0.05, 0) is 49.8 Å². The van der Waals surface area contributed by atoms with E-state index < -0.39 is 29.6 Å². The number of aromatic nitrogens is 3. The molecule has 0 radical (unpaired) electrons. The molecule has 0 N–H and O–H groups in total. The van der Waals surface area contributed by atoms with Crippen molar-refractivity contribution in [1.29, 1.82) is 0 Å². The molecule has 0 spiro atoms. The SMILES string of the molecule is O=C(CCc1ccc(F)cc1)[C@H]1CCCN1c1nc2c(=O)n(C3CCOCC3)c(C(F)(F)F)nc2s1. The van der Waals surface area contributed by atoms with Crippen molar-refractivity contribution in [1.82, 2.24) is 14.5 Å².